The van der Waals surface area contributed by atoms with Crippen LogP contribution in [-0.4, -0.2) is 17.6 Å². The average molecular weight is 234 g/mol. The molecule has 0 radical (unpaired) electrons. The third-order valence-corrected chi connectivity index (χ3v) is 2.07. The SMILES string of the molecule is Nc1cc(N)c(NCC(=O)O)c(F)c1Cl. The number of hydrogen-bond donors (Lipinski definition) is 4. The largest absolute Gasteiger partial charge is 0.480 e. The number of nitrogens with two attached hydrogens (primary N) is 2. The molecule has 0 atom stereocenters. The number of carboxylic acids is 1. The standard InChI is InChI=1S/C8H9ClFN3O2/c9-6-3(11)1-4(12)8(7(6)10)13-2-5(14)15/h1,13H,2,11-12H2,(H,14,15). The van der Waals surface area contributed by atoms with Crippen LogP contribution in [0.15, 0.2) is 6.07 Å². The maximum absolute atomic E-state index is 13.4. The van der Waals surface area contributed by atoms with E-state index in [9.17, 15) is 9.18 Å². The maximum Gasteiger partial charge on any atom is 0.322 e. The van der Waals surface area contributed by atoms with Crippen LogP contribution in [0, 0.1) is 5.82 Å². The first-order chi connectivity index (χ1) is 6.93. The van der Waals surface area contributed by atoms with Gasteiger partial charge < -0.3 is 21.9 Å². The lowest BCUT2D eigenvalue weighted by Gasteiger charge is -2.11. The Hall–Kier alpha value is -1.69. The van der Waals surface area contributed by atoms with Crippen LogP contribution in [0.1, 0.15) is 0 Å². The molecule has 0 aliphatic heterocycles. The normalized spacial score (nSPS) is 10.0. The minimum absolute atomic E-state index is 0.00698. The average Bonchev–Trinajstić information content (AvgIpc) is 2.14. The van der Waals surface area contributed by atoms with Crippen LogP contribution in [0.3, 0.4) is 0 Å². The summed E-state index contributed by atoms with van der Waals surface area (Å²) < 4.78 is 13.4. The number of carboxylic acid groups (broad SMARTS) is 1. The molecule has 0 spiro atoms. The molecule has 6 N–H and O–H groups in total. The minimum atomic E-state index is -1.14. The second-order valence-electron chi connectivity index (χ2n) is 2.81. The molecule has 0 aromatic heterocycles. The summed E-state index contributed by atoms with van der Waals surface area (Å²) in [6, 6.07) is 1.26. The highest BCUT2D eigenvalue weighted by molar-refractivity contribution is 6.33. The number of anilines is 3. The van der Waals surface area contributed by atoms with Crippen molar-refractivity contribution >= 4 is 34.6 Å². The predicted octanol–water partition coefficient (Wildman–Crippen LogP) is 1.14. The van der Waals surface area contributed by atoms with Gasteiger partial charge in [0.15, 0.2) is 5.82 Å². The van der Waals surface area contributed by atoms with E-state index in [-0.39, 0.29) is 22.1 Å². The number of benzene rings is 1. The highest BCUT2D eigenvalue weighted by atomic mass is 35.5. The molecule has 15 heavy (non-hydrogen) atoms. The maximum atomic E-state index is 13.4. The molecule has 0 saturated carbocycles. The number of nitrogen functional groups attached to an aromatic ring is 2. The van der Waals surface area contributed by atoms with Crippen LogP contribution in [-0.2, 0) is 4.79 Å². The fourth-order valence-electron chi connectivity index (χ4n) is 1.01. The van der Waals surface area contributed by atoms with Gasteiger partial charge in [0.1, 0.15) is 11.6 Å². The van der Waals surface area contributed by atoms with Crippen LogP contribution in [0.25, 0.3) is 0 Å². The quantitative estimate of drug-likeness (QED) is 0.587. The molecule has 0 amide bonds. The Bertz CT molecular complexity index is 411. The van der Waals surface area contributed by atoms with E-state index in [0.717, 1.165) is 0 Å². The zero-order valence-electron chi connectivity index (χ0n) is 7.55. The van der Waals surface area contributed by atoms with Crippen molar-refractivity contribution in [1.82, 2.24) is 0 Å². The third kappa shape index (κ3) is 2.41. The minimum Gasteiger partial charge on any atom is -0.480 e. The number of aliphatic carboxylic acids is 1. The van der Waals surface area contributed by atoms with Gasteiger partial charge in [0.25, 0.3) is 0 Å². The summed E-state index contributed by atoms with van der Waals surface area (Å²) in [4.78, 5) is 10.3. The van der Waals surface area contributed by atoms with E-state index in [1.807, 2.05) is 0 Å². The van der Waals surface area contributed by atoms with Gasteiger partial charge in [0, 0.05) is 0 Å². The highest BCUT2D eigenvalue weighted by Crippen LogP contribution is 2.33. The summed E-state index contributed by atoms with van der Waals surface area (Å²) in [5.41, 5.74) is 10.7. The Labute approximate surface area is 89.8 Å². The predicted molar refractivity (Wildman–Crippen MR) is 56.4 cm³/mol. The van der Waals surface area contributed by atoms with Gasteiger partial charge in [-0.25, -0.2) is 4.39 Å². The summed E-state index contributed by atoms with van der Waals surface area (Å²) >= 11 is 5.53. The molecule has 0 heterocycles. The van der Waals surface area contributed by atoms with Crippen LogP contribution in [0.5, 0.6) is 0 Å². The fourth-order valence-corrected chi connectivity index (χ4v) is 1.16. The first kappa shape index (κ1) is 11.4. The van der Waals surface area contributed by atoms with E-state index < -0.39 is 18.3 Å². The van der Waals surface area contributed by atoms with Gasteiger partial charge in [0.2, 0.25) is 0 Å². The van der Waals surface area contributed by atoms with Crippen molar-refractivity contribution in [2.45, 2.75) is 0 Å². The molecule has 7 heteroatoms. The zero-order valence-corrected chi connectivity index (χ0v) is 8.31. The molecule has 0 bridgehead atoms. The van der Waals surface area contributed by atoms with Crippen molar-refractivity contribution in [2.75, 3.05) is 23.3 Å². The topological polar surface area (TPSA) is 101 Å². The second-order valence-corrected chi connectivity index (χ2v) is 3.18. The van der Waals surface area contributed by atoms with Gasteiger partial charge in [-0.2, -0.15) is 0 Å². The van der Waals surface area contributed by atoms with Gasteiger partial charge in [-0.05, 0) is 6.07 Å². The molecule has 5 nitrogen and oxygen atoms in total. The Kier molecular flexibility index (Phi) is 3.21. The van der Waals surface area contributed by atoms with Crippen LogP contribution >= 0.6 is 11.6 Å². The Morgan fingerprint density at radius 2 is 2.13 bits per heavy atom. The molecule has 0 aliphatic carbocycles. The van der Waals surface area contributed by atoms with Crippen molar-refractivity contribution < 1.29 is 14.3 Å². The highest BCUT2D eigenvalue weighted by Gasteiger charge is 2.14. The summed E-state index contributed by atoms with van der Waals surface area (Å²) in [5, 5.41) is 10.4. The molecular weight excluding hydrogens is 225 g/mol. The lowest BCUT2D eigenvalue weighted by atomic mass is 10.2. The molecule has 0 fully saturated rings. The number of rotatable bonds is 3. The summed E-state index contributed by atoms with van der Waals surface area (Å²) in [6.45, 7) is -0.457. The Balaban J connectivity index is 3.07. The first-order valence-electron chi connectivity index (χ1n) is 3.92. The van der Waals surface area contributed by atoms with E-state index >= 15 is 0 Å². The van der Waals surface area contributed by atoms with E-state index in [1.54, 1.807) is 0 Å². The van der Waals surface area contributed by atoms with Gasteiger partial charge in [0.05, 0.1) is 17.1 Å². The van der Waals surface area contributed by atoms with Crippen molar-refractivity contribution in [3.05, 3.63) is 16.9 Å². The molecule has 1 aromatic rings. The second kappa shape index (κ2) is 4.22. The molecular formula is C8H9ClFN3O2. The molecule has 1 rings (SSSR count). The number of halogens is 2. The summed E-state index contributed by atoms with van der Waals surface area (Å²) in [5.74, 6) is -1.99. The van der Waals surface area contributed by atoms with Crippen molar-refractivity contribution in [3.8, 4) is 0 Å². The monoisotopic (exact) mass is 233 g/mol. The Morgan fingerprint density at radius 3 is 2.67 bits per heavy atom. The summed E-state index contributed by atoms with van der Waals surface area (Å²) in [6.07, 6.45) is 0. The molecule has 82 valence electrons. The summed E-state index contributed by atoms with van der Waals surface area (Å²) in [7, 11) is 0. The molecule has 1 aromatic carbocycles. The van der Waals surface area contributed by atoms with E-state index in [2.05, 4.69) is 5.32 Å². The van der Waals surface area contributed by atoms with Gasteiger partial charge >= 0.3 is 5.97 Å². The lowest BCUT2D eigenvalue weighted by Crippen LogP contribution is -2.15. The smallest absolute Gasteiger partial charge is 0.322 e. The molecule has 0 unspecified atom stereocenters. The van der Waals surface area contributed by atoms with E-state index in [4.69, 9.17) is 28.2 Å². The molecule has 0 saturated heterocycles. The molecule has 0 aliphatic rings. The van der Waals surface area contributed by atoms with Crippen LogP contribution in [0.4, 0.5) is 21.5 Å². The lowest BCUT2D eigenvalue weighted by molar-refractivity contribution is -0.134. The van der Waals surface area contributed by atoms with Crippen molar-refractivity contribution in [1.29, 1.82) is 0 Å². The van der Waals surface area contributed by atoms with Crippen LogP contribution < -0.4 is 16.8 Å². The van der Waals surface area contributed by atoms with Crippen molar-refractivity contribution in [2.24, 2.45) is 0 Å². The Morgan fingerprint density at radius 1 is 1.53 bits per heavy atom. The van der Waals surface area contributed by atoms with Gasteiger partial charge in [-0.1, -0.05) is 11.6 Å². The van der Waals surface area contributed by atoms with E-state index in [0.29, 0.717) is 0 Å². The van der Waals surface area contributed by atoms with Gasteiger partial charge in [-0.15, -0.1) is 0 Å². The van der Waals surface area contributed by atoms with Crippen LogP contribution in [0.2, 0.25) is 5.02 Å². The fraction of sp³-hybridized carbons (Fsp3) is 0.125. The number of hydrogen-bond acceptors (Lipinski definition) is 4. The number of nitrogens with one attached hydrogen (secondary N) is 1. The third-order valence-electron chi connectivity index (χ3n) is 1.68. The first-order valence-corrected chi connectivity index (χ1v) is 4.30. The van der Waals surface area contributed by atoms with Gasteiger partial charge in [-0.3, -0.25) is 4.79 Å². The number of carbonyl (C=O) groups is 1. The zero-order chi connectivity index (χ0) is 11.6. The van der Waals surface area contributed by atoms with Crippen molar-refractivity contribution in [3.63, 3.8) is 0 Å². The van der Waals surface area contributed by atoms with E-state index in [1.165, 1.54) is 6.07 Å².